The zero-order valence-electron chi connectivity index (χ0n) is 23.0. The van der Waals surface area contributed by atoms with Crippen LogP contribution in [0.2, 0.25) is 0 Å². The molecule has 0 aromatic carbocycles. The van der Waals surface area contributed by atoms with Gasteiger partial charge in [0.2, 0.25) is 5.88 Å². The number of ether oxygens (including phenoxy) is 1. The van der Waals surface area contributed by atoms with E-state index in [0.717, 1.165) is 29.7 Å². The van der Waals surface area contributed by atoms with E-state index in [2.05, 4.69) is 23.6 Å². The molecule has 0 radical (unpaired) electrons. The number of halogens is 3. The van der Waals surface area contributed by atoms with Gasteiger partial charge in [0, 0.05) is 36.7 Å². The average molecular weight is 559 g/mol. The Balaban J connectivity index is 1.59. The van der Waals surface area contributed by atoms with E-state index in [1.165, 1.54) is 6.08 Å². The lowest BCUT2D eigenvalue weighted by Crippen LogP contribution is -2.46. The SMILES string of the molecule is C=CCCOc1cc(-n2nc(C(C)N(CC)C(=O)N[C@H](CC=C)CCC(F)(F)F)cc2C2CC2)cc2ccnn12. The van der Waals surface area contributed by atoms with Crippen molar-refractivity contribution in [1.82, 2.24) is 29.6 Å². The van der Waals surface area contributed by atoms with E-state index in [1.54, 1.807) is 21.7 Å². The average Bonchev–Trinajstić information content (AvgIpc) is 3.46. The zero-order chi connectivity index (χ0) is 28.9. The molecule has 2 atom stereocenters. The fourth-order valence-electron chi connectivity index (χ4n) is 4.75. The summed E-state index contributed by atoms with van der Waals surface area (Å²) in [6.45, 7) is 11.9. The third-order valence-corrected chi connectivity index (χ3v) is 7.07. The summed E-state index contributed by atoms with van der Waals surface area (Å²) in [6.07, 6.45) is 2.62. The molecule has 3 aromatic rings. The molecule has 0 spiro atoms. The van der Waals surface area contributed by atoms with E-state index in [4.69, 9.17) is 9.84 Å². The van der Waals surface area contributed by atoms with Crippen LogP contribution in [0.15, 0.2) is 55.8 Å². The highest BCUT2D eigenvalue weighted by molar-refractivity contribution is 5.75. The fourth-order valence-corrected chi connectivity index (χ4v) is 4.75. The molecule has 3 heterocycles. The Bertz CT molecular complexity index is 1330. The first-order chi connectivity index (χ1) is 19.1. The number of aromatic nitrogens is 4. The zero-order valence-corrected chi connectivity index (χ0v) is 23.0. The fraction of sp³-hybridized carbons (Fsp3) is 0.483. The molecule has 0 bridgehead atoms. The van der Waals surface area contributed by atoms with Crippen LogP contribution in [0.5, 0.6) is 5.88 Å². The highest BCUT2D eigenvalue weighted by atomic mass is 19.4. The third kappa shape index (κ3) is 7.05. The van der Waals surface area contributed by atoms with Gasteiger partial charge in [-0.05, 0) is 64.2 Å². The maximum absolute atomic E-state index is 13.2. The normalized spacial score (nSPS) is 15.0. The second-order valence-corrected chi connectivity index (χ2v) is 10.1. The standard InChI is InChI=1S/C29H37F3N6O2/c1-5-8-16-40-27-18-24(17-23-13-15-33-38(23)27)37-26(21-10-11-21)19-25(35-37)20(4)36(7-3)28(39)34-22(9-6-2)12-14-29(30,31)32/h5-6,13,15,17-22H,1-2,7-12,14,16H2,3-4H3,(H,34,39)/t20?,22-/m1/s1. The summed E-state index contributed by atoms with van der Waals surface area (Å²) in [6, 6.07) is 6.33. The van der Waals surface area contributed by atoms with Crippen LogP contribution in [0, 0.1) is 0 Å². The van der Waals surface area contributed by atoms with E-state index >= 15 is 0 Å². The van der Waals surface area contributed by atoms with Crippen LogP contribution < -0.4 is 10.1 Å². The molecule has 1 fully saturated rings. The number of carbonyl (C=O) groups excluding carboxylic acids is 1. The lowest BCUT2D eigenvalue weighted by Gasteiger charge is -2.29. The highest BCUT2D eigenvalue weighted by Gasteiger charge is 2.33. The van der Waals surface area contributed by atoms with Crippen molar-refractivity contribution in [2.45, 2.75) is 76.6 Å². The van der Waals surface area contributed by atoms with Crippen molar-refractivity contribution in [1.29, 1.82) is 0 Å². The minimum absolute atomic E-state index is 0.206. The molecule has 1 aliphatic carbocycles. The number of nitrogens with zero attached hydrogens (tertiary/aromatic N) is 5. The monoisotopic (exact) mass is 558 g/mol. The van der Waals surface area contributed by atoms with Gasteiger partial charge in [0.1, 0.15) is 0 Å². The molecule has 1 aliphatic rings. The molecule has 0 saturated heterocycles. The molecule has 8 nitrogen and oxygen atoms in total. The van der Waals surface area contributed by atoms with Gasteiger partial charge in [-0.2, -0.15) is 23.4 Å². The molecular weight excluding hydrogens is 521 g/mol. The number of urea groups is 1. The van der Waals surface area contributed by atoms with Gasteiger partial charge in [0.25, 0.3) is 0 Å². The molecule has 40 heavy (non-hydrogen) atoms. The van der Waals surface area contributed by atoms with Gasteiger partial charge in [0.15, 0.2) is 0 Å². The highest BCUT2D eigenvalue weighted by Crippen LogP contribution is 2.42. The Morgan fingerprint density at radius 3 is 2.70 bits per heavy atom. The summed E-state index contributed by atoms with van der Waals surface area (Å²) in [5.41, 5.74) is 3.44. The Labute approximate surface area is 232 Å². The molecule has 4 rings (SSSR count). The van der Waals surface area contributed by atoms with Gasteiger partial charge in [0.05, 0.1) is 35.7 Å². The van der Waals surface area contributed by atoms with Gasteiger partial charge in [-0.1, -0.05) is 12.2 Å². The molecule has 1 saturated carbocycles. The molecule has 216 valence electrons. The summed E-state index contributed by atoms with van der Waals surface area (Å²) in [5.74, 6) is 0.954. The number of fused-ring (bicyclic) bond motifs is 1. The van der Waals surface area contributed by atoms with Gasteiger partial charge < -0.3 is 15.0 Å². The van der Waals surface area contributed by atoms with E-state index in [9.17, 15) is 18.0 Å². The van der Waals surface area contributed by atoms with Crippen LogP contribution in [0.1, 0.15) is 75.7 Å². The van der Waals surface area contributed by atoms with Crippen molar-refractivity contribution >= 4 is 11.5 Å². The minimum Gasteiger partial charge on any atom is -0.477 e. The Morgan fingerprint density at radius 1 is 1.27 bits per heavy atom. The van der Waals surface area contributed by atoms with E-state index in [-0.39, 0.29) is 12.8 Å². The van der Waals surface area contributed by atoms with E-state index in [0.29, 0.717) is 37.1 Å². The third-order valence-electron chi connectivity index (χ3n) is 7.07. The van der Waals surface area contributed by atoms with Crippen LogP contribution in [0.3, 0.4) is 0 Å². The van der Waals surface area contributed by atoms with Crippen LogP contribution in [0.25, 0.3) is 11.2 Å². The summed E-state index contributed by atoms with van der Waals surface area (Å²) < 4.78 is 48.1. The maximum Gasteiger partial charge on any atom is 0.389 e. The van der Waals surface area contributed by atoms with E-state index < -0.39 is 30.7 Å². The largest absolute Gasteiger partial charge is 0.477 e. The first-order valence-corrected chi connectivity index (χ1v) is 13.7. The van der Waals surface area contributed by atoms with Gasteiger partial charge in [-0.15, -0.1) is 13.2 Å². The lowest BCUT2D eigenvalue weighted by atomic mass is 10.1. The van der Waals surface area contributed by atoms with Crippen molar-refractivity contribution in [2.75, 3.05) is 13.2 Å². The topological polar surface area (TPSA) is 76.7 Å². The second-order valence-electron chi connectivity index (χ2n) is 10.1. The molecule has 0 aliphatic heterocycles. The summed E-state index contributed by atoms with van der Waals surface area (Å²) in [5, 5.41) is 12.1. The first-order valence-electron chi connectivity index (χ1n) is 13.7. The Kier molecular flexibility index (Phi) is 9.21. The summed E-state index contributed by atoms with van der Waals surface area (Å²) >= 11 is 0. The van der Waals surface area contributed by atoms with Gasteiger partial charge in [-0.25, -0.2) is 14.0 Å². The van der Waals surface area contributed by atoms with E-state index in [1.807, 2.05) is 42.8 Å². The number of alkyl halides is 3. The van der Waals surface area contributed by atoms with Crippen molar-refractivity contribution in [3.05, 3.63) is 67.2 Å². The van der Waals surface area contributed by atoms with Gasteiger partial charge >= 0.3 is 12.2 Å². The Hall–Kier alpha value is -3.76. The number of hydrogen-bond acceptors (Lipinski definition) is 4. The quantitative estimate of drug-likeness (QED) is 0.176. The molecule has 3 aromatic heterocycles. The molecule has 11 heteroatoms. The van der Waals surface area contributed by atoms with Crippen LogP contribution in [-0.4, -0.2) is 55.7 Å². The predicted molar refractivity (Wildman–Crippen MR) is 148 cm³/mol. The number of nitrogens with one attached hydrogen (secondary N) is 1. The molecular formula is C29H37F3N6O2. The first kappa shape index (κ1) is 29.2. The lowest BCUT2D eigenvalue weighted by molar-refractivity contribution is -0.136. The minimum atomic E-state index is -4.29. The van der Waals surface area contributed by atoms with Crippen molar-refractivity contribution in [3.8, 4) is 11.6 Å². The molecule has 2 amide bonds. The maximum atomic E-state index is 13.2. The van der Waals surface area contributed by atoms with Crippen molar-refractivity contribution in [3.63, 3.8) is 0 Å². The van der Waals surface area contributed by atoms with Gasteiger partial charge in [-0.3, -0.25) is 0 Å². The number of amides is 2. The summed E-state index contributed by atoms with van der Waals surface area (Å²) in [4.78, 5) is 14.8. The molecule has 1 unspecified atom stereocenters. The predicted octanol–water partition coefficient (Wildman–Crippen LogP) is 6.73. The molecule has 1 N–H and O–H groups in total. The van der Waals surface area contributed by atoms with Crippen molar-refractivity contribution < 1.29 is 22.7 Å². The van der Waals surface area contributed by atoms with Crippen molar-refractivity contribution in [2.24, 2.45) is 0 Å². The van der Waals surface area contributed by atoms with Crippen LogP contribution >= 0.6 is 0 Å². The Morgan fingerprint density at radius 2 is 2.05 bits per heavy atom. The number of hydrogen-bond donors (Lipinski definition) is 1. The van der Waals surface area contributed by atoms with Crippen LogP contribution in [0.4, 0.5) is 18.0 Å². The number of pyridine rings is 1. The van der Waals surface area contributed by atoms with Crippen LogP contribution in [-0.2, 0) is 0 Å². The smallest absolute Gasteiger partial charge is 0.389 e. The number of carbonyl (C=O) groups is 1. The number of rotatable bonds is 14. The summed E-state index contributed by atoms with van der Waals surface area (Å²) in [7, 11) is 0. The second kappa shape index (κ2) is 12.6.